The number of carbonyl (C=O) groups excluding carboxylic acids is 1. The number of benzene rings is 2. The van der Waals surface area contributed by atoms with Gasteiger partial charge in [-0.1, -0.05) is 36.6 Å². The first-order valence-electron chi connectivity index (χ1n) is 10.6. The van der Waals surface area contributed by atoms with E-state index in [0.717, 1.165) is 36.8 Å². The zero-order valence-electron chi connectivity index (χ0n) is 17.8. The fraction of sp³-hybridized carbons (Fsp3) is 0.435. The second-order valence-electron chi connectivity index (χ2n) is 7.76. The number of nitrogens with zero attached hydrogens (tertiary/aromatic N) is 1. The van der Waals surface area contributed by atoms with Crippen LogP contribution in [0.25, 0.3) is 0 Å². The Hall–Kier alpha value is -2.09. The van der Waals surface area contributed by atoms with Gasteiger partial charge in [0.25, 0.3) is 5.91 Å². The highest BCUT2D eigenvalue weighted by atomic mass is 35.5. The highest BCUT2D eigenvalue weighted by molar-refractivity contribution is 7.89. The molecule has 0 saturated carbocycles. The Kier molecular flexibility index (Phi) is 8.35. The van der Waals surface area contributed by atoms with Gasteiger partial charge in [-0.25, -0.2) is 8.42 Å². The van der Waals surface area contributed by atoms with Crippen molar-refractivity contribution in [3.8, 4) is 5.75 Å². The van der Waals surface area contributed by atoms with Crippen LogP contribution in [0.15, 0.2) is 47.4 Å². The quantitative estimate of drug-likeness (QED) is 0.641. The summed E-state index contributed by atoms with van der Waals surface area (Å²) in [4.78, 5) is 12.3. The van der Waals surface area contributed by atoms with Gasteiger partial charge in [-0.15, -0.1) is 0 Å². The van der Waals surface area contributed by atoms with Crippen molar-refractivity contribution in [3.63, 3.8) is 0 Å². The van der Waals surface area contributed by atoms with Gasteiger partial charge in [0.2, 0.25) is 10.0 Å². The topological polar surface area (TPSA) is 75.7 Å². The van der Waals surface area contributed by atoms with Gasteiger partial charge in [0, 0.05) is 24.7 Å². The molecule has 1 aliphatic heterocycles. The molecule has 1 amide bonds. The SMILES string of the molecule is Cc1cc(OCC(=O)NCCc2ccc(S(=O)(=O)N3CCCCCC3)cc2)ccc1Cl. The van der Waals surface area contributed by atoms with Gasteiger partial charge in [-0.2, -0.15) is 4.31 Å². The second kappa shape index (κ2) is 11.0. The molecule has 1 aliphatic rings. The third-order valence-electron chi connectivity index (χ3n) is 5.36. The van der Waals surface area contributed by atoms with Crippen molar-refractivity contribution < 1.29 is 17.9 Å². The van der Waals surface area contributed by atoms with Crippen LogP contribution in [-0.4, -0.2) is 44.9 Å². The first kappa shape index (κ1) is 23.6. The van der Waals surface area contributed by atoms with Crippen molar-refractivity contribution in [2.24, 2.45) is 0 Å². The molecule has 0 aliphatic carbocycles. The minimum absolute atomic E-state index is 0.0753. The van der Waals surface area contributed by atoms with Crippen LogP contribution in [-0.2, 0) is 21.2 Å². The molecule has 0 bridgehead atoms. The summed E-state index contributed by atoms with van der Waals surface area (Å²) in [5.74, 6) is 0.381. The normalized spacial score (nSPS) is 15.3. The van der Waals surface area contributed by atoms with E-state index < -0.39 is 10.0 Å². The van der Waals surface area contributed by atoms with E-state index in [9.17, 15) is 13.2 Å². The van der Waals surface area contributed by atoms with E-state index in [-0.39, 0.29) is 12.5 Å². The van der Waals surface area contributed by atoms with E-state index in [2.05, 4.69) is 5.32 Å². The Balaban J connectivity index is 1.45. The minimum atomic E-state index is -3.44. The van der Waals surface area contributed by atoms with Crippen LogP contribution >= 0.6 is 11.6 Å². The number of hydrogen-bond donors (Lipinski definition) is 1. The number of hydrogen-bond acceptors (Lipinski definition) is 4. The second-order valence-corrected chi connectivity index (χ2v) is 10.1. The zero-order chi connectivity index (χ0) is 22.3. The molecule has 31 heavy (non-hydrogen) atoms. The molecule has 0 atom stereocenters. The third-order valence-corrected chi connectivity index (χ3v) is 7.70. The number of rotatable bonds is 8. The lowest BCUT2D eigenvalue weighted by Crippen LogP contribution is -2.32. The van der Waals surface area contributed by atoms with Gasteiger partial charge in [0.15, 0.2) is 6.61 Å². The number of halogens is 1. The van der Waals surface area contributed by atoms with E-state index in [1.165, 1.54) is 0 Å². The molecule has 0 spiro atoms. The third kappa shape index (κ3) is 6.69. The minimum Gasteiger partial charge on any atom is -0.484 e. The molecule has 0 unspecified atom stereocenters. The van der Waals surface area contributed by atoms with Gasteiger partial charge < -0.3 is 10.1 Å². The van der Waals surface area contributed by atoms with Gasteiger partial charge in [0.1, 0.15) is 5.75 Å². The standard InChI is InChI=1S/C23H29ClN2O4S/c1-18-16-20(8-11-22(18)24)30-17-23(27)25-13-12-19-6-9-21(10-7-19)31(28,29)26-14-4-2-3-5-15-26/h6-11,16H,2-5,12-15,17H2,1H3,(H,25,27). The molecule has 1 heterocycles. The maximum absolute atomic E-state index is 12.8. The largest absolute Gasteiger partial charge is 0.484 e. The Morgan fingerprint density at radius 1 is 1.06 bits per heavy atom. The Morgan fingerprint density at radius 3 is 2.39 bits per heavy atom. The smallest absolute Gasteiger partial charge is 0.257 e. The highest BCUT2D eigenvalue weighted by Gasteiger charge is 2.24. The molecule has 2 aromatic carbocycles. The predicted octanol–water partition coefficient (Wildman–Crippen LogP) is 3.95. The predicted molar refractivity (Wildman–Crippen MR) is 122 cm³/mol. The number of carbonyl (C=O) groups is 1. The van der Waals surface area contributed by atoms with Crippen LogP contribution in [0, 0.1) is 6.92 Å². The summed E-state index contributed by atoms with van der Waals surface area (Å²) >= 11 is 5.98. The number of aryl methyl sites for hydroxylation is 1. The van der Waals surface area contributed by atoms with E-state index in [4.69, 9.17) is 16.3 Å². The molecule has 1 N–H and O–H groups in total. The molecule has 0 radical (unpaired) electrons. The van der Waals surface area contributed by atoms with Crippen LogP contribution in [0.5, 0.6) is 5.75 Å². The van der Waals surface area contributed by atoms with Crippen molar-refractivity contribution in [3.05, 3.63) is 58.6 Å². The van der Waals surface area contributed by atoms with Gasteiger partial charge in [-0.05, 0) is 67.6 Å². The lowest BCUT2D eigenvalue weighted by atomic mass is 10.1. The fourth-order valence-electron chi connectivity index (χ4n) is 3.51. The Labute approximate surface area is 189 Å². The average molecular weight is 465 g/mol. The molecule has 168 valence electrons. The summed E-state index contributed by atoms with van der Waals surface area (Å²) in [6, 6.07) is 12.2. The summed E-state index contributed by atoms with van der Waals surface area (Å²) in [6.45, 7) is 3.43. The molecule has 1 saturated heterocycles. The molecule has 8 heteroatoms. The van der Waals surface area contributed by atoms with Crippen molar-refractivity contribution in [1.29, 1.82) is 0 Å². The van der Waals surface area contributed by atoms with Gasteiger partial charge in [-0.3, -0.25) is 4.79 Å². The summed E-state index contributed by atoms with van der Waals surface area (Å²) in [5.41, 5.74) is 1.85. The maximum atomic E-state index is 12.8. The average Bonchev–Trinajstić information content (AvgIpc) is 3.05. The molecule has 1 fully saturated rings. The van der Waals surface area contributed by atoms with Crippen molar-refractivity contribution in [2.75, 3.05) is 26.2 Å². The number of amides is 1. The zero-order valence-corrected chi connectivity index (χ0v) is 19.3. The van der Waals surface area contributed by atoms with Crippen LogP contribution < -0.4 is 10.1 Å². The maximum Gasteiger partial charge on any atom is 0.257 e. The van der Waals surface area contributed by atoms with Gasteiger partial charge >= 0.3 is 0 Å². The van der Waals surface area contributed by atoms with E-state index in [0.29, 0.717) is 41.7 Å². The molecule has 0 aromatic heterocycles. The van der Waals surface area contributed by atoms with Crippen LogP contribution in [0.2, 0.25) is 5.02 Å². The van der Waals surface area contributed by atoms with E-state index in [1.807, 2.05) is 19.1 Å². The Bertz CT molecular complexity index is 985. The van der Waals surface area contributed by atoms with Crippen LogP contribution in [0.4, 0.5) is 0 Å². The van der Waals surface area contributed by atoms with Crippen molar-refractivity contribution in [2.45, 2.75) is 43.9 Å². The summed E-state index contributed by atoms with van der Waals surface area (Å²) in [5, 5.41) is 3.47. The van der Waals surface area contributed by atoms with Gasteiger partial charge in [0.05, 0.1) is 4.90 Å². The fourth-order valence-corrected chi connectivity index (χ4v) is 5.15. The summed E-state index contributed by atoms with van der Waals surface area (Å²) in [7, 11) is -3.44. The van der Waals surface area contributed by atoms with Crippen molar-refractivity contribution in [1.82, 2.24) is 9.62 Å². The monoisotopic (exact) mass is 464 g/mol. The lowest BCUT2D eigenvalue weighted by molar-refractivity contribution is -0.123. The number of nitrogens with one attached hydrogen (secondary N) is 1. The molecule has 3 rings (SSSR count). The number of sulfonamides is 1. The molecular formula is C23H29ClN2O4S. The first-order chi connectivity index (χ1) is 14.9. The molecular weight excluding hydrogens is 436 g/mol. The summed E-state index contributed by atoms with van der Waals surface area (Å²) in [6.07, 6.45) is 4.61. The van der Waals surface area contributed by atoms with Crippen LogP contribution in [0.1, 0.15) is 36.8 Å². The van der Waals surface area contributed by atoms with E-state index >= 15 is 0 Å². The van der Waals surface area contributed by atoms with Crippen molar-refractivity contribution >= 4 is 27.5 Å². The number of ether oxygens (including phenoxy) is 1. The molecule has 6 nitrogen and oxygen atoms in total. The molecule has 2 aromatic rings. The first-order valence-corrected chi connectivity index (χ1v) is 12.4. The van der Waals surface area contributed by atoms with Crippen LogP contribution in [0.3, 0.4) is 0 Å². The Morgan fingerprint density at radius 2 is 1.74 bits per heavy atom. The highest BCUT2D eigenvalue weighted by Crippen LogP contribution is 2.22. The summed E-state index contributed by atoms with van der Waals surface area (Å²) < 4.78 is 32.7. The lowest BCUT2D eigenvalue weighted by Gasteiger charge is -2.20. The van der Waals surface area contributed by atoms with E-state index in [1.54, 1.807) is 34.6 Å².